The molecule has 1 amide bonds. The number of amides is 1. The van der Waals surface area contributed by atoms with Crippen LogP contribution in [0.2, 0.25) is 0 Å². The lowest BCUT2D eigenvalue weighted by Crippen LogP contribution is -2.47. The van der Waals surface area contributed by atoms with Crippen LogP contribution in [0.25, 0.3) is 0 Å². The summed E-state index contributed by atoms with van der Waals surface area (Å²) in [5.41, 5.74) is 0.976. The fourth-order valence-electron chi connectivity index (χ4n) is 2.38. The normalized spacial score (nSPS) is 13.2. The van der Waals surface area contributed by atoms with Crippen molar-refractivity contribution in [2.45, 2.75) is 64.5 Å². The molecule has 0 radical (unpaired) electrons. The summed E-state index contributed by atoms with van der Waals surface area (Å²) in [6.45, 7) is 10.7. The number of benzene rings is 1. The summed E-state index contributed by atoms with van der Waals surface area (Å²) in [5.74, 6) is -0.130. The van der Waals surface area contributed by atoms with Crippen molar-refractivity contribution in [2.75, 3.05) is 13.2 Å². The lowest BCUT2D eigenvalue weighted by molar-refractivity contribution is -0.123. The molecular formula is C19H32N2O4S. The van der Waals surface area contributed by atoms with Gasteiger partial charge in [0.2, 0.25) is 15.9 Å². The van der Waals surface area contributed by atoms with Gasteiger partial charge in [-0.05, 0) is 51.7 Å². The highest BCUT2D eigenvalue weighted by atomic mass is 32.2. The summed E-state index contributed by atoms with van der Waals surface area (Å²) in [7, 11) is -3.75. The van der Waals surface area contributed by atoms with Crippen molar-refractivity contribution in [3.8, 4) is 0 Å². The van der Waals surface area contributed by atoms with Crippen LogP contribution in [0.15, 0.2) is 29.2 Å². The summed E-state index contributed by atoms with van der Waals surface area (Å²) < 4.78 is 33.1. The highest BCUT2D eigenvalue weighted by molar-refractivity contribution is 7.89. The molecule has 0 aliphatic carbocycles. The van der Waals surface area contributed by atoms with E-state index in [-0.39, 0.29) is 22.8 Å². The molecule has 0 heterocycles. The van der Waals surface area contributed by atoms with E-state index < -0.39 is 16.1 Å². The Morgan fingerprint density at radius 1 is 1.12 bits per heavy atom. The second-order valence-electron chi connectivity index (χ2n) is 7.18. The number of nitrogens with one attached hydrogen (secondary N) is 2. The summed E-state index contributed by atoms with van der Waals surface area (Å²) in [6.07, 6.45) is 1.27. The van der Waals surface area contributed by atoms with E-state index in [9.17, 15) is 13.2 Å². The minimum atomic E-state index is -3.75. The standard InChI is InChI=1S/C19H32N2O4S/c1-14(2)13-18(19(22)20-11-6-12-25-15(3)4)21-26(23,24)17-9-7-16(5)8-10-17/h7-10,14-15,18,21H,6,11-13H2,1-5H3,(H,20,22). The van der Waals surface area contributed by atoms with Crippen LogP contribution in [0.1, 0.15) is 46.1 Å². The maximum Gasteiger partial charge on any atom is 0.241 e. The molecule has 1 atom stereocenters. The fourth-order valence-corrected chi connectivity index (χ4v) is 3.59. The molecule has 0 aliphatic rings. The second kappa shape index (κ2) is 10.6. The first-order valence-corrected chi connectivity index (χ1v) is 10.6. The van der Waals surface area contributed by atoms with Crippen molar-refractivity contribution in [2.24, 2.45) is 5.92 Å². The Kier molecular flexibility index (Phi) is 9.25. The van der Waals surface area contributed by atoms with Crippen molar-refractivity contribution in [1.29, 1.82) is 0 Å². The Morgan fingerprint density at radius 2 is 1.73 bits per heavy atom. The van der Waals surface area contributed by atoms with Crippen LogP contribution >= 0.6 is 0 Å². The van der Waals surface area contributed by atoms with Crippen LogP contribution in [-0.4, -0.2) is 39.6 Å². The molecule has 0 aliphatic heterocycles. The number of aryl methyl sites for hydroxylation is 1. The van der Waals surface area contributed by atoms with Crippen LogP contribution < -0.4 is 10.0 Å². The predicted molar refractivity (Wildman–Crippen MR) is 103 cm³/mol. The highest BCUT2D eigenvalue weighted by Gasteiger charge is 2.26. The van der Waals surface area contributed by atoms with E-state index in [0.717, 1.165) is 5.56 Å². The smallest absolute Gasteiger partial charge is 0.241 e. The molecule has 2 N–H and O–H groups in total. The summed E-state index contributed by atoms with van der Waals surface area (Å²) in [5, 5.41) is 2.80. The van der Waals surface area contributed by atoms with Gasteiger partial charge in [-0.3, -0.25) is 4.79 Å². The molecule has 7 heteroatoms. The van der Waals surface area contributed by atoms with E-state index in [2.05, 4.69) is 10.0 Å². The Balaban J connectivity index is 2.70. The summed E-state index contributed by atoms with van der Waals surface area (Å²) in [4.78, 5) is 12.6. The number of ether oxygens (including phenoxy) is 1. The van der Waals surface area contributed by atoms with Gasteiger partial charge in [-0.25, -0.2) is 8.42 Å². The van der Waals surface area contributed by atoms with Crippen molar-refractivity contribution in [1.82, 2.24) is 10.0 Å². The molecule has 0 saturated heterocycles. The zero-order valence-electron chi connectivity index (χ0n) is 16.4. The molecule has 6 nitrogen and oxygen atoms in total. The Morgan fingerprint density at radius 3 is 2.27 bits per heavy atom. The highest BCUT2D eigenvalue weighted by Crippen LogP contribution is 2.13. The molecule has 0 spiro atoms. The first kappa shape index (κ1) is 22.6. The first-order chi connectivity index (χ1) is 12.1. The molecule has 1 unspecified atom stereocenters. The van der Waals surface area contributed by atoms with Gasteiger partial charge in [-0.15, -0.1) is 0 Å². The summed E-state index contributed by atoms with van der Waals surface area (Å²) >= 11 is 0. The minimum Gasteiger partial charge on any atom is -0.379 e. The third-order valence-electron chi connectivity index (χ3n) is 3.72. The van der Waals surface area contributed by atoms with E-state index in [1.807, 2.05) is 34.6 Å². The average molecular weight is 385 g/mol. The minimum absolute atomic E-state index is 0.153. The zero-order chi connectivity index (χ0) is 19.7. The first-order valence-electron chi connectivity index (χ1n) is 9.10. The third-order valence-corrected chi connectivity index (χ3v) is 5.21. The molecule has 1 rings (SSSR count). The van der Waals surface area contributed by atoms with Crippen LogP contribution in [0, 0.1) is 12.8 Å². The van der Waals surface area contributed by atoms with Crippen molar-refractivity contribution in [3.63, 3.8) is 0 Å². The number of rotatable bonds is 11. The second-order valence-corrected chi connectivity index (χ2v) is 8.89. The van der Waals surface area contributed by atoms with Crippen LogP contribution in [0.5, 0.6) is 0 Å². The van der Waals surface area contributed by atoms with E-state index >= 15 is 0 Å². The quantitative estimate of drug-likeness (QED) is 0.575. The van der Waals surface area contributed by atoms with Gasteiger partial charge in [0.25, 0.3) is 0 Å². The van der Waals surface area contributed by atoms with Crippen molar-refractivity contribution < 1.29 is 17.9 Å². The predicted octanol–water partition coefficient (Wildman–Crippen LogP) is 2.62. The molecule has 1 aromatic rings. The number of carbonyl (C=O) groups is 1. The Bertz CT molecular complexity index is 655. The Hall–Kier alpha value is -1.44. The molecule has 26 heavy (non-hydrogen) atoms. The topological polar surface area (TPSA) is 84.5 Å². The third kappa shape index (κ3) is 8.29. The van der Waals surface area contributed by atoms with Gasteiger partial charge < -0.3 is 10.1 Å². The maximum atomic E-state index is 12.6. The van der Waals surface area contributed by atoms with Crippen LogP contribution in [0.4, 0.5) is 0 Å². The average Bonchev–Trinajstić information content (AvgIpc) is 2.53. The number of carbonyl (C=O) groups excluding carboxylic acids is 1. The van der Waals surface area contributed by atoms with Gasteiger partial charge in [-0.1, -0.05) is 31.5 Å². The maximum absolute atomic E-state index is 12.6. The molecular weight excluding hydrogens is 352 g/mol. The van der Waals surface area contributed by atoms with Crippen molar-refractivity contribution >= 4 is 15.9 Å². The monoisotopic (exact) mass is 384 g/mol. The van der Waals surface area contributed by atoms with Gasteiger partial charge in [0.05, 0.1) is 11.0 Å². The van der Waals surface area contributed by atoms with Gasteiger partial charge in [0, 0.05) is 13.2 Å². The number of sulfonamides is 1. The summed E-state index contributed by atoms with van der Waals surface area (Å²) in [6, 6.07) is 5.77. The molecule has 0 bridgehead atoms. The van der Waals surface area contributed by atoms with Gasteiger partial charge in [0.1, 0.15) is 6.04 Å². The lowest BCUT2D eigenvalue weighted by atomic mass is 10.0. The number of hydrogen-bond donors (Lipinski definition) is 2. The molecule has 0 fully saturated rings. The largest absolute Gasteiger partial charge is 0.379 e. The van der Waals surface area contributed by atoms with E-state index in [1.54, 1.807) is 24.3 Å². The molecule has 0 aromatic heterocycles. The van der Waals surface area contributed by atoms with E-state index in [4.69, 9.17) is 4.74 Å². The van der Waals surface area contributed by atoms with Crippen molar-refractivity contribution in [3.05, 3.63) is 29.8 Å². The van der Waals surface area contributed by atoms with Gasteiger partial charge in [-0.2, -0.15) is 4.72 Å². The fraction of sp³-hybridized carbons (Fsp3) is 0.632. The number of hydrogen-bond acceptors (Lipinski definition) is 4. The SMILES string of the molecule is Cc1ccc(S(=O)(=O)NC(CC(C)C)C(=O)NCCCOC(C)C)cc1. The Labute approximate surface area is 157 Å². The lowest BCUT2D eigenvalue weighted by Gasteiger charge is -2.20. The zero-order valence-corrected chi connectivity index (χ0v) is 17.2. The van der Waals surface area contributed by atoms with Gasteiger partial charge in [0.15, 0.2) is 0 Å². The van der Waals surface area contributed by atoms with Gasteiger partial charge >= 0.3 is 0 Å². The molecule has 0 saturated carbocycles. The van der Waals surface area contributed by atoms with Crippen LogP contribution in [0.3, 0.4) is 0 Å². The molecule has 1 aromatic carbocycles. The van der Waals surface area contributed by atoms with E-state index in [1.165, 1.54) is 0 Å². The van der Waals surface area contributed by atoms with Crippen LogP contribution in [-0.2, 0) is 19.6 Å². The van der Waals surface area contributed by atoms with E-state index in [0.29, 0.717) is 26.0 Å². The molecule has 148 valence electrons.